The lowest BCUT2D eigenvalue weighted by Crippen LogP contribution is -2.37. The fourth-order valence-electron chi connectivity index (χ4n) is 2.82. The number of rotatable bonds is 10. The van der Waals surface area contributed by atoms with Gasteiger partial charge in [-0.3, -0.25) is 9.79 Å². The quantitative estimate of drug-likeness (QED) is 0.316. The Hall–Kier alpha value is -2.71. The minimum absolute atomic E-state index is 0.0291. The molecule has 29 heavy (non-hydrogen) atoms. The Morgan fingerprint density at radius 3 is 2.93 bits per heavy atom. The first kappa shape index (κ1) is 22.6. The van der Waals surface area contributed by atoms with Gasteiger partial charge in [0.2, 0.25) is 0 Å². The molecule has 1 aliphatic rings. The number of benzene rings is 1. The molecule has 1 unspecified atom stereocenters. The molecule has 1 amide bonds. The van der Waals surface area contributed by atoms with Crippen LogP contribution in [0.15, 0.2) is 47.2 Å². The van der Waals surface area contributed by atoms with Gasteiger partial charge in [-0.2, -0.15) is 0 Å². The van der Waals surface area contributed by atoms with E-state index in [-0.39, 0.29) is 12.5 Å². The van der Waals surface area contributed by atoms with E-state index in [9.17, 15) is 9.18 Å². The van der Waals surface area contributed by atoms with Crippen LogP contribution in [0.5, 0.6) is 5.75 Å². The molecule has 2 rings (SSSR count). The van der Waals surface area contributed by atoms with Crippen molar-refractivity contribution in [3.8, 4) is 5.75 Å². The maximum atomic E-state index is 13.0. The van der Waals surface area contributed by atoms with Crippen LogP contribution in [0.3, 0.4) is 0 Å². The molecule has 0 spiro atoms. The summed E-state index contributed by atoms with van der Waals surface area (Å²) in [7, 11) is 1.83. The molecular weight excluding hydrogens is 373 g/mol. The topological polar surface area (TPSA) is 92.0 Å². The van der Waals surface area contributed by atoms with E-state index in [0.717, 1.165) is 16.7 Å². The van der Waals surface area contributed by atoms with Crippen molar-refractivity contribution in [1.29, 1.82) is 0 Å². The summed E-state index contributed by atoms with van der Waals surface area (Å²) in [5.74, 6) is 6.60. The molecule has 7 nitrogen and oxygen atoms in total. The lowest BCUT2D eigenvalue weighted by atomic mass is 10.1. The van der Waals surface area contributed by atoms with E-state index in [1.165, 1.54) is 11.9 Å². The maximum Gasteiger partial charge on any atom is 0.270 e. The summed E-state index contributed by atoms with van der Waals surface area (Å²) in [6.07, 6.45) is 4.82. The summed E-state index contributed by atoms with van der Waals surface area (Å²) < 4.78 is 18.4. The number of alkyl halides is 1. The summed E-state index contributed by atoms with van der Waals surface area (Å²) >= 11 is 0. The summed E-state index contributed by atoms with van der Waals surface area (Å²) in [5, 5.41) is 7.34. The molecule has 1 atom stereocenters. The molecule has 0 saturated heterocycles. The molecule has 1 aromatic carbocycles. The zero-order valence-electron chi connectivity index (χ0n) is 17.2. The number of aliphatic imine (C=N–C) groups is 1. The number of ether oxygens (including phenoxy) is 1. The number of halogens is 1. The van der Waals surface area contributed by atoms with Gasteiger partial charge in [0.25, 0.3) is 5.91 Å². The Morgan fingerprint density at radius 1 is 1.45 bits per heavy atom. The average Bonchev–Trinajstić information content (AvgIpc) is 2.67. The summed E-state index contributed by atoms with van der Waals surface area (Å²) in [4.78, 5) is 16.6. The highest BCUT2D eigenvalue weighted by atomic mass is 19.1. The molecular formula is C21H30FN5O2. The Morgan fingerprint density at radius 2 is 2.24 bits per heavy atom. The zero-order chi connectivity index (χ0) is 21.2. The van der Waals surface area contributed by atoms with Gasteiger partial charge in [-0.25, -0.2) is 10.2 Å². The van der Waals surface area contributed by atoms with Crippen LogP contribution in [0, 0.1) is 6.92 Å². The highest BCUT2D eigenvalue weighted by Gasteiger charge is 2.18. The number of allylic oxidation sites excluding steroid dienone is 1. The Kier molecular flexibility index (Phi) is 8.82. The molecule has 0 saturated carbocycles. The summed E-state index contributed by atoms with van der Waals surface area (Å²) in [6.45, 7) is 5.05. The van der Waals surface area contributed by atoms with Crippen molar-refractivity contribution < 1.29 is 13.9 Å². The van der Waals surface area contributed by atoms with E-state index in [4.69, 9.17) is 10.6 Å². The van der Waals surface area contributed by atoms with E-state index in [0.29, 0.717) is 37.5 Å². The second-order valence-corrected chi connectivity index (χ2v) is 6.94. The minimum Gasteiger partial charge on any atom is -0.490 e. The number of nitrogens with one attached hydrogen (secondary N) is 2. The molecule has 1 heterocycles. The Balaban J connectivity index is 2.02. The fourth-order valence-corrected chi connectivity index (χ4v) is 2.82. The number of aryl methyl sites for hydroxylation is 1. The summed E-state index contributed by atoms with van der Waals surface area (Å²) in [6, 6.07) is 5.67. The normalized spacial score (nSPS) is 15.8. The van der Waals surface area contributed by atoms with Gasteiger partial charge in [0, 0.05) is 31.1 Å². The SMILES string of the molecule is CNCCNC(=O)C1=NC=CC/C1=C\N(N)Cc1ccc(OCC(C)F)c(C)c1. The van der Waals surface area contributed by atoms with Gasteiger partial charge in [-0.15, -0.1) is 0 Å². The number of nitrogens with two attached hydrogens (primary N) is 1. The van der Waals surface area contributed by atoms with Crippen LogP contribution >= 0.6 is 0 Å². The second kappa shape index (κ2) is 11.3. The third-order valence-electron chi connectivity index (χ3n) is 4.22. The van der Waals surface area contributed by atoms with Gasteiger partial charge in [0.15, 0.2) is 0 Å². The number of hydrogen-bond acceptors (Lipinski definition) is 6. The van der Waals surface area contributed by atoms with Crippen LogP contribution in [0.1, 0.15) is 24.5 Å². The third kappa shape index (κ3) is 7.32. The van der Waals surface area contributed by atoms with Gasteiger partial charge < -0.3 is 20.4 Å². The Labute approximate surface area is 171 Å². The van der Waals surface area contributed by atoms with Crippen molar-refractivity contribution in [3.63, 3.8) is 0 Å². The second-order valence-electron chi connectivity index (χ2n) is 6.94. The van der Waals surface area contributed by atoms with E-state index >= 15 is 0 Å². The molecule has 1 aliphatic heterocycles. The standard InChI is InChI=1S/C21H30FN5O2/c1-15-11-17(6-7-19(15)29-14-16(2)22)12-27(23)13-18-5-4-8-25-20(18)21(28)26-10-9-24-3/h4,6-8,11,13,16,24H,5,9-10,12,14,23H2,1-3H3,(H,26,28)/b18-13+. The first-order valence-electron chi connectivity index (χ1n) is 9.65. The van der Waals surface area contributed by atoms with Crippen LogP contribution < -0.4 is 21.2 Å². The van der Waals surface area contributed by atoms with Crippen molar-refractivity contribution in [2.75, 3.05) is 26.7 Å². The van der Waals surface area contributed by atoms with Crippen LogP contribution in [0.2, 0.25) is 0 Å². The lowest BCUT2D eigenvalue weighted by molar-refractivity contribution is -0.114. The third-order valence-corrected chi connectivity index (χ3v) is 4.22. The largest absolute Gasteiger partial charge is 0.490 e. The van der Waals surface area contributed by atoms with Gasteiger partial charge in [0.1, 0.15) is 24.2 Å². The lowest BCUT2D eigenvalue weighted by Gasteiger charge is -2.19. The predicted molar refractivity (Wildman–Crippen MR) is 113 cm³/mol. The van der Waals surface area contributed by atoms with Crippen molar-refractivity contribution in [1.82, 2.24) is 15.6 Å². The monoisotopic (exact) mass is 403 g/mol. The van der Waals surface area contributed by atoms with Crippen molar-refractivity contribution in [3.05, 3.63) is 53.4 Å². The van der Waals surface area contributed by atoms with E-state index in [1.807, 2.05) is 38.2 Å². The molecule has 0 bridgehead atoms. The number of carbonyl (C=O) groups excluding carboxylic acids is 1. The van der Waals surface area contributed by atoms with Crippen molar-refractivity contribution in [2.24, 2.45) is 10.8 Å². The maximum absolute atomic E-state index is 13.0. The van der Waals surface area contributed by atoms with E-state index in [2.05, 4.69) is 15.6 Å². The van der Waals surface area contributed by atoms with Gasteiger partial charge in [-0.05, 0) is 44.5 Å². The molecule has 0 aliphatic carbocycles. The van der Waals surface area contributed by atoms with E-state index < -0.39 is 6.17 Å². The number of amides is 1. The van der Waals surface area contributed by atoms with Gasteiger partial charge >= 0.3 is 0 Å². The minimum atomic E-state index is -1.02. The first-order valence-corrected chi connectivity index (χ1v) is 9.65. The Bertz CT molecular complexity index is 789. The highest BCUT2D eigenvalue weighted by molar-refractivity contribution is 6.45. The van der Waals surface area contributed by atoms with Crippen molar-refractivity contribution >= 4 is 11.6 Å². The number of nitrogens with zero attached hydrogens (tertiary/aromatic N) is 2. The molecule has 4 N–H and O–H groups in total. The van der Waals surface area contributed by atoms with Gasteiger partial charge in [-0.1, -0.05) is 18.2 Å². The molecule has 8 heteroatoms. The summed E-state index contributed by atoms with van der Waals surface area (Å²) in [5.41, 5.74) is 3.02. The number of carbonyl (C=O) groups is 1. The number of hydrazine groups is 1. The van der Waals surface area contributed by atoms with Crippen LogP contribution in [0.4, 0.5) is 4.39 Å². The van der Waals surface area contributed by atoms with Crippen molar-refractivity contribution in [2.45, 2.75) is 33.0 Å². The first-order chi connectivity index (χ1) is 13.9. The highest BCUT2D eigenvalue weighted by Crippen LogP contribution is 2.21. The zero-order valence-corrected chi connectivity index (χ0v) is 17.2. The van der Waals surface area contributed by atoms with E-state index in [1.54, 1.807) is 12.4 Å². The molecule has 0 radical (unpaired) electrons. The van der Waals surface area contributed by atoms with Crippen LogP contribution in [-0.4, -0.2) is 49.5 Å². The molecule has 1 aromatic rings. The predicted octanol–water partition coefficient (Wildman–Crippen LogP) is 1.99. The fraction of sp³-hybridized carbons (Fsp3) is 0.429. The molecule has 158 valence electrons. The molecule has 0 fully saturated rings. The van der Waals surface area contributed by atoms with Gasteiger partial charge in [0.05, 0.1) is 6.54 Å². The number of likely N-dealkylation sites (N-methyl/N-ethyl adjacent to an activating group) is 1. The smallest absolute Gasteiger partial charge is 0.270 e. The van der Waals surface area contributed by atoms with Crippen LogP contribution in [0.25, 0.3) is 0 Å². The average molecular weight is 404 g/mol. The molecule has 0 aromatic heterocycles. The number of hydrogen-bond donors (Lipinski definition) is 3. The van der Waals surface area contributed by atoms with Crippen LogP contribution in [-0.2, 0) is 11.3 Å².